The van der Waals surface area contributed by atoms with Crippen LogP contribution in [0.15, 0.2) is 35.5 Å². The lowest BCUT2D eigenvalue weighted by Gasteiger charge is -2.06. The number of hydrogen-bond donors (Lipinski definition) is 3. The van der Waals surface area contributed by atoms with E-state index in [9.17, 15) is 8.42 Å². The normalized spacial score (nSPS) is 11.7. The third kappa shape index (κ3) is 3.44. The van der Waals surface area contributed by atoms with Crippen molar-refractivity contribution in [1.29, 1.82) is 0 Å². The van der Waals surface area contributed by atoms with E-state index >= 15 is 0 Å². The zero-order valence-corrected chi connectivity index (χ0v) is 12.3. The molecule has 0 saturated heterocycles. The van der Waals surface area contributed by atoms with Crippen molar-refractivity contribution in [2.75, 3.05) is 7.05 Å². The number of aromatic amines is 1. The molecule has 0 aliphatic rings. The third-order valence-electron chi connectivity index (χ3n) is 2.94. The van der Waals surface area contributed by atoms with E-state index < -0.39 is 10.0 Å². The van der Waals surface area contributed by atoms with Gasteiger partial charge in [0.2, 0.25) is 10.0 Å². The van der Waals surface area contributed by atoms with Gasteiger partial charge in [0.25, 0.3) is 0 Å². The molecule has 3 N–H and O–H groups in total. The van der Waals surface area contributed by atoms with Gasteiger partial charge in [0.15, 0.2) is 0 Å². The molecular formula is C13H18N4O2S. The first-order valence-corrected chi connectivity index (χ1v) is 7.73. The smallest absolute Gasteiger partial charge is 0.242 e. The summed E-state index contributed by atoms with van der Waals surface area (Å²) in [6.45, 7) is 2.67. The van der Waals surface area contributed by atoms with E-state index in [4.69, 9.17) is 0 Å². The number of pyridine rings is 1. The van der Waals surface area contributed by atoms with E-state index in [2.05, 4.69) is 20.0 Å². The monoisotopic (exact) mass is 294 g/mol. The summed E-state index contributed by atoms with van der Waals surface area (Å²) in [4.78, 5) is 7.32. The molecule has 20 heavy (non-hydrogen) atoms. The first kappa shape index (κ1) is 14.7. The van der Waals surface area contributed by atoms with E-state index in [1.165, 1.54) is 6.20 Å². The van der Waals surface area contributed by atoms with Crippen LogP contribution in [-0.4, -0.2) is 25.4 Å². The van der Waals surface area contributed by atoms with E-state index in [-0.39, 0.29) is 11.4 Å². The number of rotatable bonds is 6. The summed E-state index contributed by atoms with van der Waals surface area (Å²) in [5.74, 6) is 0. The maximum atomic E-state index is 12.2. The van der Waals surface area contributed by atoms with Crippen LogP contribution in [0.4, 0.5) is 0 Å². The van der Waals surface area contributed by atoms with E-state index in [1.54, 1.807) is 19.3 Å². The SMILES string of the molecule is CNCc1cc(S(=O)(=O)NCc2ncccc2C)c[nH]1. The molecule has 7 heteroatoms. The molecular weight excluding hydrogens is 276 g/mol. The van der Waals surface area contributed by atoms with E-state index in [1.807, 2.05) is 19.1 Å². The lowest BCUT2D eigenvalue weighted by molar-refractivity contribution is 0.580. The largest absolute Gasteiger partial charge is 0.363 e. The van der Waals surface area contributed by atoms with Crippen LogP contribution in [0.3, 0.4) is 0 Å². The standard InChI is InChI=1S/C13H18N4O2S/c1-10-4-3-5-15-13(10)9-17-20(18,19)12-6-11(7-14-2)16-8-12/h3-6,8,14,16-17H,7,9H2,1-2H3. The highest BCUT2D eigenvalue weighted by atomic mass is 32.2. The van der Waals surface area contributed by atoms with Crippen molar-refractivity contribution in [2.45, 2.75) is 24.9 Å². The first-order valence-electron chi connectivity index (χ1n) is 6.25. The minimum Gasteiger partial charge on any atom is -0.363 e. The van der Waals surface area contributed by atoms with Gasteiger partial charge in [-0.3, -0.25) is 4.98 Å². The summed E-state index contributed by atoms with van der Waals surface area (Å²) >= 11 is 0. The van der Waals surface area contributed by atoms with Crippen molar-refractivity contribution in [3.8, 4) is 0 Å². The lowest BCUT2D eigenvalue weighted by atomic mass is 10.2. The molecule has 0 aliphatic heterocycles. The van der Waals surface area contributed by atoms with Crippen LogP contribution in [0.1, 0.15) is 17.0 Å². The zero-order chi connectivity index (χ0) is 14.6. The van der Waals surface area contributed by atoms with Gasteiger partial charge in [0, 0.05) is 24.6 Å². The highest BCUT2D eigenvalue weighted by Gasteiger charge is 2.16. The number of aryl methyl sites for hydroxylation is 1. The molecule has 0 atom stereocenters. The Labute approximate surface area is 118 Å². The second-order valence-corrected chi connectivity index (χ2v) is 6.25. The molecule has 2 heterocycles. The number of nitrogens with zero attached hydrogens (tertiary/aromatic N) is 1. The minimum absolute atomic E-state index is 0.182. The Balaban J connectivity index is 2.09. The molecule has 108 valence electrons. The molecule has 0 aromatic carbocycles. The molecule has 0 aliphatic carbocycles. The molecule has 0 bridgehead atoms. The van der Waals surface area contributed by atoms with Crippen molar-refractivity contribution in [3.05, 3.63) is 47.5 Å². The summed E-state index contributed by atoms with van der Waals surface area (Å²) in [5.41, 5.74) is 2.50. The second kappa shape index (κ2) is 6.17. The van der Waals surface area contributed by atoms with Crippen molar-refractivity contribution >= 4 is 10.0 Å². The number of nitrogens with one attached hydrogen (secondary N) is 3. The Morgan fingerprint density at radius 2 is 2.15 bits per heavy atom. The fourth-order valence-corrected chi connectivity index (χ4v) is 2.82. The Bertz CT molecular complexity index is 679. The van der Waals surface area contributed by atoms with Gasteiger partial charge in [0.05, 0.1) is 17.1 Å². The quantitative estimate of drug-likeness (QED) is 0.739. The Hall–Kier alpha value is -1.70. The molecule has 0 amide bonds. The third-order valence-corrected chi connectivity index (χ3v) is 4.32. The summed E-state index contributed by atoms with van der Waals surface area (Å²) in [7, 11) is -1.72. The van der Waals surface area contributed by atoms with Gasteiger partial charge in [-0.2, -0.15) is 0 Å². The predicted octanol–water partition coefficient (Wildman–Crippen LogP) is 0.916. The topological polar surface area (TPSA) is 86.9 Å². The van der Waals surface area contributed by atoms with Crippen LogP contribution in [0.2, 0.25) is 0 Å². The summed E-state index contributed by atoms with van der Waals surface area (Å²) < 4.78 is 26.9. The summed E-state index contributed by atoms with van der Waals surface area (Å²) in [5, 5.41) is 2.96. The molecule has 2 rings (SSSR count). The van der Waals surface area contributed by atoms with Gasteiger partial charge in [0.1, 0.15) is 0 Å². The molecule has 0 saturated carbocycles. The van der Waals surface area contributed by atoms with Crippen molar-refractivity contribution in [3.63, 3.8) is 0 Å². The van der Waals surface area contributed by atoms with Gasteiger partial charge in [-0.1, -0.05) is 6.07 Å². The maximum absolute atomic E-state index is 12.2. The molecule has 0 spiro atoms. The molecule has 2 aromatic rings. The average molecular weight is 294 g/mol. The predicted molar refractivity (Wildman–Crippen MR) is 76.6 cm³/mol. The fourth-order valence-electron chi connectivity index (χ4n) is 1.82. The number of hydrogen-bond acceptors (Lipinski definition) is 4. The van der Waals surface area contributed by atoms with Crippen LogP contribution < -0.4 is 10.0 Å². The van der Waals surface area contributed by atoms with Gasteiger partial charge in [-0.25, -0.2) is 13.1 Å². The second-order valence-electron chi connectivity index (χ2n) is 4.48. The lowest BCUT2D eigenvalue weighted by Crippen LogP contribution is -2.23. The summed E-state index contributed by atoms with van der Waals surface area (Å²) in [6, 6.07) is 5.34. The Morgan fingerprint density at radius 3 is 2.85 bits per heavy atom. The van der Waals surface area contributed by atoms with Crippen molar-refractivity contribution in [2.24, 2.45) is 0 Å². The number of sulfonamides is 1. The fraction of sp³-hybridized carbons (Fsp3) is 0.308. The highest BCUT2D eigenvalue weighted by Crippen LogP contribution is 2.11. The van der Waals surface area contributed by atoms with Gasteiger partial charge in [-0.15, -0.1) is 0 Å². The van der Waals surface area contributed by atoms with Crippen molar-refractivity contribution < 1.29 is 8.42 Å². The van der Waals surface area contributed by atoms with Gasteiger partial charge in [-0.05, 0) is 31.7 Å². The van der Waals surface area contributed by atoms with E-state index in [0.717, 1.165) is 17.0 Å². The Kier molecular flexibility index (Phi) is 4.53. The van der Waals surface area contributed by atoms with Gasteiger partial charge >= 0.3 is 0 Å². The maximum Gasteiger partial charge on any atom is 0.242 e. The highest BCUT2D eigenvalue weighted by molar-refractivity contribution is 7.89. The van der Waals surface area contributed by atoms with E-state index in [0.29, 0.717) is 6.54 Å². The Morgan fingerprint density at radius 1 is 1.35 bits per heavy atom. The number of H-pyrrole nitrogens is 1. The summed E-state index contributed by atoms with van der Waals surface area (Å²) in [6.07, 6.45) is 3.14. The minimum atomic E-state index is -3.52. The average Bonchev–Trinajstić information content (AvgIpc) is 2.88. The van der Waals surface area contributed by atoms with Crippen LogP contribution in [0.5, 0.6) is 0 Å². The molecule has 0 radical (unpaired) electrons. The van der Waals surface area contributed by atoms with Crippen LogP contribution in [0.25, 0.3) is 0 Å². The molecule has 0 unspecified atom stereocenters. The molecule has 2 aromatic heterocycles. The zero-order valence-electron chi connectivity index (χ0n) is 11.5. The van der Waals surface area contributed by atoms with Crippen LogP contribution in [0, 0.1) is 6.92 Å². The molecule has 6 nitrogen and oxygen atoms in total. The van der Waals surface area contributed by atoms with Crippen LogP contribution in [-0.2, 0) is 23.1 Å². The molecule has 0 fully saturated rings. The van der Waals surface area contributed by atoms with Crippen LogP contribution >= 0.6 is 0 Å². The van der Waals surface area contributed by atoms with Gasteiger partial charge < -0.3 is 10.3 Å². The van der Waals surface area contributed by atoms with Crippen molar-refractivity contribution in [1.82, 2.24) is 20.0 Å². The first-order chi connectivity index (χ1) is 9.53. The number of aromatic nitrogens is 2.